The summed E-state index contributed by atoms with van der Waals surface area (Å²) in [5.41, 5.74) is 1.07. The first kappa shape index (κ1) is 20.7. The molecule has 3 aliphatic rings. The summed E-state index contributed by atoms with van der Waals surface area (Å²) in [6.07, 6.45) is 5.55. The molecule has 2 atom stereocenters. The van der Waals surface area contributed by atoms with Crippen LogP contribution in [0, 0.1) is 16.7 Å². The van der Waals surface area contributed by atoms with Crippen molar-refractivity contribution < 1.29 is 0 Å². The highest BCUT2D eigenvalue weighted by molar-refractivity contribution is 7.13. The molecule has 164 valence electrons. The van der Waals surface area contributed by atoms with Gasteiger partial charge in [0, 0.05) is 44.7 Å². The summed E-state index contributed by atoms with van der Waals surface area (Å²) in [6.45, 7) is 17.4. The number of hydrogen-bond donors (Lipinski definition) is 0. The maximum Gasteiger partial charge on any atom is 0.150 e. The Labute approximate surface area is 186 Å². The molecule has 3 heterocycles. The third-order valence-corrected chi connectivity index (χ3v) is 9.72. The third kappa shape index (κ3) is 3.67. The van der Waals surface area contributed by atoms with E-state index < -0.39 is 0 Å². The Kier molecular flexibility index (Phi) is 5.57. The van der Waals surface area contributed by atoms with Crippen LogP contribution in [0.5, 0.6) is 0 Å². The van der Waals surface area contributed by atoms with Crippen LogP contribution in [-0.4, -0.2) is 66.5 Å². The van der Waals surface area contributed by atoms with Crippen LogP contribution in [-0.2, 0) is 0 Å². The van der Waals surface area contributed by atoms with Gasteiger partial charge in [0.25, 0.3) is 0 Å². The van der Waals surface area contributed by atoms with E-state index in [9.17, 15) is 0 Å². The first-order chi connectivity index (χ1) is 14.5. The number of piperidine rings is 1. The highest BCUT2D eigenvalue weighted by Gasteiger charge is 2.55. The summed E-state index contributed by atoms with van der Waals surface area (Å²) in [5.74, 6) is 2.11. The lowest BCUT2D eigenvalue weighted by Crippen LogP contribution is -2.52. The van der Waals surface area contributed by atoms with Crippen molar-refractivity contribution in [1.29, 1.82) is 0 Å². The second-order valence-electron chi connectivity index (χ2n) is 10.8. The molecule has 2 aromatic rings. The summed E-state index contributed by atoms with van der Waals surface area (Å²) >= 11 is 1.63. The van der Waals surface area contributed by atoms with E-state index in [4.69, 9.17) is 4.37 Å². The lowest BCUT2D eigenvalue weighted by Gasteiger charge is -2.50. The Morgan fingerprint density at radius 3 is 2.50 bits per heavy atom. The summed E-state index contributed by atoms with van der Waals surface area (Å²) in [4.78, 5) is 7.94. The molecule has 2 unspecified atom stereocenters. The van der Waals surface area contributed by atoms with Crippen LogP contribution >= 0.6 is 11.5 Å². The molecule has 1 aromatic heterocycles. The average molecular weight is 427 g/mol. The highest BCUT2D eigenvalue weighted by Crippen LogP contribution is 2.58. The zero-order valence-electron chi connectivity index (χ0n) is 19.1. The summed E-state index contributed by atoms with van der Waals surface area (Å²) < 4.78 is 6.05. The lowest BCUT2D eigenvalue weighted by molar-refractivity contribution is -0.0181. The molecule has 2 bridgehead atoms. The van der Waals surface area contributed by atoms with Crippen molar-refractivity contribution in [1.82, 2.24) is 14.2 Å². The molecule has 1 saturated carbocycles. The smallest absolute Gasteiger partial charge is 0.150 e. The first-order valence-corrected chi connectivity index (χ1v) is 12.8. The van der Waals surface area contributed by atoms with Gasteiger partial charge >= 0.3 is 0 Å². The number of unbranched alkanes of at least 4 members (excludes halogenated alkanes) is 1. The molecular weight excluding hydrogens is 388 g/mol. The molecular formula is C25H38N4S. The Balaban J connectivity index is 1.05. The fourth-order valence-electron chi connectivity index (χ4n) is 6.27. The van der Waals surface area contributed by atoms with Crippen molar-refractivity contribution in [2.75, 3.05) is 57.3 Å². The summed E-state index contributed by atoms with van der Waals surface area (Å²) in [5, 5.41) is 1.32. The van der Waals surface area contributed by atoms with E-state index in [-0.39, 0.29) is 0 Å². The van der Waals surface area contributed by atoms with Crippen molar-refractivity contribution in [3.63, 3.8) is 0 Å². The topological polar surface area (TPSA) is 22.6 Å². The molecule has 3 fully saturated rings. The monoisotopic (exact) mass is 426 g/mol. The molecule has 0 amide bonds. The van der Waals surface area contributed by atoms with Crippen molar-refractivity contribution in [3.8, 4) is 0 Å². The number of likely N-dealkylation sites (tertiary alicyclic amines) is 1. The molecule has 0 spiro atoms. The summed E-state index contributed by atoms with van der Waals surface area (Å²) in [7, 11) is 0. The van der Waals surface area contributed by atoms with Crippen LogP contribution in [0.3, 0.4) is 0 Å². The standard InChI is InChI=1S/C25H38N4S/c1-24(2)20-10-11-25(24,3)19-28(18-20)13-7-6-12-27-14-16-29(17-15-27)23-21-8-4-5-9-22(21)30-26-23/h4-5,8-9,20H,6-7,10-19H2,1-3H3. The Hall–Kier alpha value is -1.17. The van der Waals surface area contributed by atoms with E-state index in [0.29, 0.717) is 10.8 Å². The van der Waals surface area contributed by atoms with Gasteiger partial charge in [-0.25, -0.2) is 0 Å². The van der Waals surface area contributed by atoms with Gasteiger partial charge in [-0.3, -0.25) is 4.90 Å². The molecule has 5 heteroatoms. The van der Waals surface area contributed by atoms with E-state index in [1.807, 2.05) is 0 Å². The number of anilines is 1. The molecule has 30 heavy (non-hydrogen) atoms. The number of hydrogen-bond acceptors (Lipinski definition) is 5. The van der Waals surface area contributed by atoms with Crippen LogP contribution in [0.25, 0.3) is 10.1 Å². The number of rotatable bonds is 6. The predicted octanol–water partition coefficient (Wildman–Crippen LogP) is 4.96. The fourth-order valence-corrected chi connectivity index (χ4v) is 7.06. The maximum atomic E-state index is 4.75. The normalized spacial score (nSPS) is 29.7. The Morgan fingerprint density at radius 2 is 1.73 bits per heavy atom. The van der Waals surface area contributed by atoms with Crippen LogP contribution in [0.1, 0.15) is 46.5 Å². The van der Waals surface area contributed by atoms with Gasteiger partial charge in [0.05, 0.1) is 4.70 Å². The van der Waals surface area contributed by atoms with Crippen molar-refractivity contribution >= 4 is 27.4 Å². The van der Waals surface area contributed by atoms with Crippen LogP contribution < -0.4 is 4.90 Å². The van der Waals surface area contributed by atoms with E-state index in [2.05, 4.69) is 59.7 Å². The van der Waals surface area contributed by atoms with Gasteiger partial charge in [-0.15, -0.1) is 0 Å². The van der Waals surface area contributed by atoms with E-state index >= 15 is 0 Å². The van der Waals surface area contributed by atoms with Crippen molar-refractivity contribution in [3.05, 3.63) is 24.3 Å². The molecule has 1 aliphatic carbocycles. The second-order valence-corrected chi connectivity index (χ2v) is 11.6. The number of piperazine rings is 1. The predicted molar refractivity (Wildman–Crippen MR) is 129 cm³/mol. The van der Waals surface area contributed by atoms with Gasteiger partial charge in [-0.1, -0.05) is 32.9 Å². The van der Waals surface area contributed by atoms with Crippen LogP contribution in [0.15, 0.2) is 24.3 Å². The second kappa shape index (κ2) is 8.07. The highest BCUT2D eigenvalue weighted by atomic mass is 32.1. The fraction of sp³-hybridized carbons (Fsp3) is 0.720. The minimum Gasteiger partial charge on any atom is -0.353 e. The minimum atomic E-state index is 0.534. The van der Waals surface area contributed by atoms with Gasteiger partial charge in [0.2, 0.25) is 0 Å². The third-order valence-electron chi connectivity index (χ3n) is 8.90. The lowest BCUT2D eigenvalue weighted by atomic mass is 9.63. The SMILES string of the molecule is CC12CCC(CN(CCCCN3CCN(c4nsc5ccccc45)CC3)C1)C2(C)C. The Morgan fingerprint density at radius 1 is 1.00 bits per heavy atom. The summed E-state index contributed by atoms with van der Waals surface area (Å²) in [6, 6.07) is 8.64. The number of benzene rings is 1. The molecule has 0 N–H and O–H groups in total. The van der Waals surface area contributed by atoms with Crippen LogP contribution in [0.4, 0.5) is 5.82 Å². The molecule has 2 aliphatic heterocycles. The first-order valence-electron chi connectivity index (χ1n) is 12.0. The molecule has 0 radical (unpaired) electrons. The van der Waals surface area contributed by atoms with Gasteiger partial charge in [-0.2, -0.15) is 4.37 Å². The quantitative estimate of drug-likeness (QED) is 0.609. The number of aromatic nitrogens is 1. The van der Waals surface area contributed by atoms with E-state index in [1.54, 1.807) is 11.5 Å². The van der Waals surface area contributed by atoms with Gasteiger partial charge in [-0.05, 0) is 79.2 Å². The van der Waals surface area contributed by atoms with Gasteiger partial charge in [0.15, 0.2) is 0 Å². The van der Waals surface area contributed by atoms with Crippen LogP contribution in [0.2, 0.25) is 0 Å². The largest absolute Gasteiger partial charge is 0.353 e. The Bertz CT molecular complexity index is 869. The average Bonchev–Trinajstić information content (AvgIpc) is 3.19. The molecule has 4 nitrogen and oxygen atoms in total. The number of nitrogens with zero attached hydrogens (tertiary/aromatic N) is 4. The molecule has 5 rings (SSSR count). The molecule has 2 saturated heterocycles. The number of fused-ring (bicyclic) bond motifs is 3. The van der Waals surface area contributed by atoms with E-state index in [0.717, 1.165) is 19.0 Å². The van der Waals surface area contributed by atoms with Crippen molar-refractivity contribution in [2.45, 2.75) is 46.5 Å². The maximum absolute atomic E-state index is 4.75. The van der Waals surface area contributed by atoms with Gasteiger partial charge < -0.3 is 9.80 Å². The van der Waals surface area contributed by atoms with E-state index in [1.165, 1.54) is 80.9 Å². The minimum absolute atomic E-state index is 0.534. The zero-order chi connectivity index (χ0) is 20.8. The molecule has 1 aromatic carbocycles. The van der Waals surface area contributed by atoms with Gasteiger partial charge in [0.1, 0.15) is 5.82 Å². The zero-order valence-corrected chi connectivity index (χ0v) is 19.9. The van der Waals surface area contributed by atoms with Crippen molar-refractivity contribution in [2.24, 2.45) is 16.7 Å².